The summed E-state index contributed by atoms with van der Waals surface area (Å²) in [6, 6.07) is 5.62. The molecule has 0 aliphatic heterocycles. The van der Waals surface area contributed by atoms with Gasteiger partial charge < -0.3 is 0 Å². The van der Waals surface area contributed by atoms with E-state index in [9.17, 15) is 13.2 Å². The fraction of sp³-hybridized carbons (Fsp3) is 0.588. The van der Waals surface area contributed by atoms with E-state index in [1.807, 2.05) is 0 Å². The number of fused-ring (bicyclic) bond motifs is 2. The highest BCUT2D eigenvalue weighted by Gasteiger charge is 2.59. The maximum absolute atomic E-state index is 13.1. The van der Waals surface area contributed by atoms with Crippen LogP contribution in [0.1, 0.15) is 45.6 Å². The van der Waals surface area contributed by atoms with Crippen molar-refractivity contribution in [2.24, 2.45) is 21.7 Å². The van der Waals surface area contributed by atoms with E-state index in [-0.39, 0.29) is 16.5 Å². The van der Waals surface area contributed by atoms with Gasteiger partial charge in [-0.3, -0.25) is 4.99 Å². The average Bonchev–Trinajstić information content (AvgIpc) is 2.71. The van der Waals surface area contributed by atoms with Crippen LogP contribution in [0.15, 0.2) is 29.3 Å². The Morgan fingerprint density at radius 2 is 1.81 bits per heavy atom. The van der Waals surface area contributed by atoms with Crippen molar-refractivity contribution >= 4 is 11.4 Å². The minimum Gasteiger partial charge on any atom is -0.257 e. The molecule has 4 heteroatoms. The SMILES string of the molecule is CC1(C)[C@@H]2CC[C@@]1(C)C(=Nc1ccccc1C(F)(F)F)C2. The molecule has 2 aliphatic rings. The molecule has 1 aromatic carbocycles. The van der Waals surface area contributed by atoms with Crippen LogP contribution in [-0.2, 0) is 6.18 Å². The van der Waals surface area contributed by atoms with Crippen molar-refractivity contribution in [3.8, 4) is 0 Å². The molecule has 3 rings (SSSR count). The molecule has 0 unspecified atom stereocenters. The minimum atomic E-state index is -4.35. The maximum atomic E-state index is 13.1. The number of alkyl halides is 3. The van der Waals surface area contributed by atoms with Gasteiger partial charge in [0.2, 0.25) is 0 Å². The first-order valence-corrected chi connectivity index (χ1v) is 7.40. The molecule has 2 bridgehead atoms. The summed E-state index contributed by atoms with van der Waals surface area (Å²) in [6.07, 6.45) is -1.34. The lowest BCUT2D eigenvalue weighted by atomic mass is 9.70. The lowest BCUT2D eigenvalue weighted by Gasteiger charge is -2.34. The van der Waals surface area contributed by atoms with Crippen molar-refractivity contribution in [1.29, 1.82) is 0 Å². The summed E-state index contributed by atoms with van der Waals surface area (Å²) in [6.45, 7) is 6.61. The largest absolute Gasteiger partial charge is 0.418 e. The minimum absolute atomic E-state index is 0.0598. The van der Waals surface area contributed by atoms with E-state index in [0.717, 1.165) is 31.0 Å². The molecule has 0 heterocycles. The van der Waals surface area contributed by atoms with Gasteiger partial charge in [-0.15, -0.1) is 0 Å². The van der Waals surface area contributed by atoms with E-state index in [1.54, 1.807) is 6.07 Å². The summed E-state index contributed by atoms with van der Waals surface area (Å²) >= 11 is 0. The number of rotatable bonds is 1. The number of hydrogen-bond acceptors (Lipinski definition) is 1. The van der Waals surface area contributed by atoms with Crippen LogP contribution in [-0.4, -0.2) is 5.71 Å². The molecule has 2 aliphatic carbocycles. The molecule has 0 saturated heterocycles. The molecular formula is C17H20F3N. The van der Waals surface area contributed by atoms with Gasteiger partial charge in [0, 0.05) is 11.1 Å². The predicted molar refractivity (Wildman–Crippen MR) is 77.8 cm³/mol. The number of benzene rings is 1. The standard InChI is InChI=1S/C17H20F3N/c1-15(2)11-8-9-16(15,3)14(10-11)21-13-7-5-4-6-12(13)17(18,19)20/h4-7,11H,8-10H2,1-3H3/t11-,16+/m1/s1. The monoisotopic (exact) mass is 295 g/mol. The van der Waals surface area contributed by atoms with Crippen molar-refractivity contribution in [3.63, 3.8) is 0 Å². The second-order valence-corrected chi connectivity index (χ2v) is 7.07. The van der Waals surface area contributed by atoms with E-state index < -0.39 is 11.7 Å². The van der Waals surface area contributed by atoms with Gasteiger partial charge in [-0.2, -0.15) is 13.2 Å². The zero-order valence-electron chi connectivity index (χ0n) is 12.6. The highest BCUT2D eigenvalue weighted by atomic mass is 19.4. The molecule has 114 valence electrons. The zero-order chi connectivity index (χ0) is 15.5. The van der Waals surface area contributed by atoms with Gasteiger partial charge in [0.1, 0.15) is 0 Å². The molecule has 1 nitrogen and oxygen atoms in total. The van der Waals surface area contributed by atoms with Crippen molar-refractivity contribution < 1.29 is 13.2 Å². The van der Waals surface area contributed by atoms with Gasteiger partial charge in [0.25, 0.3) is 0 Å². The molecule has 0 N–H and O–H groups in total. The van der Waals surface area contributed by atoms with Crippen LogP contribution in [0.5, 0.6) is 0 Å². The van der Waals surface area contributed by atoms with Crippen LogP contribution in [0.4, 0.5) is 18.9 Å². The number of aliphatic imine (C=N–C) groups is 1. The summed E-state index contributed by atoms with van der Waals surface area (Å²) in [5.74, 6) is 0.541. The van der Waals surface area contributed by atoms with Crippen molar-refractivity contribution in [3.05, 3.63) is 29.8 Å². The Bertz CT molecular complexity index is 600. The second-order valence-electron chi connectivity index (χ2n) is 7.07. The molecule has 2 atom stereocenters. The fourth-order valence-electron chi connectivity index (χ4n) is 4.05. The third-order valence-electron chi connectivity index (χ3n) is 5.98. The van der Waals surface area contributed by atoms with Crippen LogP contribution < -0.4 is 0 Å². The van der Waals surface area contributed by atoms with E-state index in [4.69, 9.17) is 0 Å². The molecule has 0 radical (unpaired) electrons. The van der Waals surface area contributed by atoms with Gasteiger partial charge in [-0.1, -0.05) is 32.9 Å². The summed E-state index contributed by atoms with van der Waals surface area (Å²) in [5, 5.41) is 0. The molecule has 2 fully saturated rings. The smallest absolute Gasteiger partial charge is 0.257 e. The van der Waals surface area contributed by atoms with E-state index in [2.05, 4.69) is 25.8 Å². The first kappa shape index (κ1) is 14.6. The van der Waals surface area contributed by atoms with E-state index >= 15 is 0 Å². The van der Waals surface area contributed by atoms with Gasteiger partial charge in [-0.25, -0.2) is 0 Å². The summed E-state index contributed by atoms with van der Waals surface area (Å²) in [5.41, 5.74) is 0.418. The Morgan fingerprint density at radius 3 is 2.33 bits per heavy atom. The quantitative estimate of drug-likeness (QED) is 0.637. The Kier molecular flexibility index (Phi) is 3.02. The highest BCUT2D eigenvalue weighted by Crippen LogP contribution is 2.64. The summed E-state index contributed by atoms with van der Waals surface area (Å²) in [4.78, 5) is 4.47. The first-order valence-electron chi connectivity index (χ1n) is 7.40. The number of hydrogen-bond donors (Lipinski definition) is 0. The molecule has 2 saturated carbocycles. The topological polar surface area (TPSA) is 12.4 Å². The van der Waals surface area contributed by atoms with Crippen LogP contribution in [0.25, 0.3) is 0 Å². The summed E-state index contributed by atoms with van der Waals surface area (Å²) in [7, 11) is 0. The molecule has 21 heavy (non-hydrogen) atoms. The highest BCUT2D eigenvalue weighted by molar-refractivity contribution is 5.96. The van der Waals surface area contributed by atoms with Gasteiger partial charge in [0.05, 0.1) is 11.3 Å². The van der Waals surface area contributed by atoms with Crippen LogP contribution in [0, 0.1) is 16.7 Å². The Labute approximate surface area is 123 Å². The maximum Gasteiger partial charge on any atom is 0.418 e. The zero-order valence-corrected chi connectivity index (χ0v) is 12.6. The van der Waals surface area contributed by atoms with Crippen LogP contribution in [0.2, 0.25) is 0 Å². The predicted octanol–water partition coefficient (Wildman–Crippen LogP) is 5.62. The fourth-order valence-corrected chi connectivity index (χ4v) is 4.05. The summed E-state index contributed by atoms with van der Waals surface area (Å²) < 4.78 is 39.3. The third kappa shape index (κ3) is 2.02. The Balaban J connectivity index is 2.06. The van der Waals surface area contributed by atoms with Gasteiger partial charge in [0.15, 0.2) is 0 Å². The van der Waals surface area contributed by atoms with E-state index in [0.29, 0.717) is 5.92 Å². The van der Waals surface area contributed by atoms with Crippen molar-refractivity contribution in [2.45, 2.75) is 46.2 Å². The number of nitrogens with zero attached hydrogens (tertiary/aromatic N) is 1. The molecule has 0 amide bonds. The van der Waals surface area contributed by atoms with E-state index in [1.165, 1.54) is 12.1 Å². The van der Waals surface area contributed by atoms with Crippen LogP contribution in [0.3, 0.4) is 0 Å². The lowest BCUT2D eigenvalue weighted by molar-refractivity contribution is -0.137. The second kappa shape index (κ2) is 4.34. The molecule has 0 aromatic heterocycles. The third-order valence-corrected chi connectivity index (χ3v) is 5.98. The van der Waals surface area contributed by atoms with Crippen molar-refractivity contribution in [2.75, 3.05) is 0 Å². The number of para-hydroxylation sites is 1. The molecular weight excluding hydrogens is 275 g/mol. The number of halogens is 3. The average molecular weight is 295 g/mol. The van der Waals surface area contributed by atoms with Crippen molar-refractivity contribution in [1.82, 2.24) is 0 Å². The Hall–Kier alpha value is -1.32. The lowest BCUT2D eigenvalue weighted by Crippen LogP contribution is -2.32. The van der Waals surface area contributed by atoms with Gasteiger partial charge >= 0.3 is 6.18 Å². The van der Waals surface area contributed by atoms with Crippen LogP contribution >= 0.6 is 0 Å². The van der Waals surface area contributed by atoms with Gasteiger partial charge in [-0.05, 0) is 42.7 Å². The molecule has 0 spiro atoms. The molecule has 1 aromatic rings. The first-order chi connectivity index (χ1) is 9.66. The Morgan fingerprint density at radius 1 is 1.14 bits per heavy atom. The normalized spacial score (nSPS) is 32.9.